The number of aromatic nitrogens is 2. The van der Waals surface area contributed by atoms with Gasteiger partial charge in [0.2, 0.25) is 0 Å². The van der Waals surface area contributed by atoms with Crippen molar-refractivity contribution >= 4 is 33.0 Å². The lowest BCUT2D eigenvalue weighted by atomic mass is 10.1. The molecule has 1 aliphatic rings. The minimum atomic E-state index is -0.0473. The van der Waals surface area contributed by atoms with Crippen LogP contribution >= 0.6 is 27.3 Å². The standard InChI is InChI=1S/C18H17BrN4OS/c19-12-7-14(25-10-12)8-23-6-5-16-15(9-23)18(24)22-17(21-16)11-1-3-13(20)4-2-11/h1-4,7,10H,5-6,8-9,20H2,(H,21,22,24). The Morgan fingerprint density at radius 1 is 1.32 bits per heavy atom. The summed E-state index contributed by atoms with van der Waals surface area (Å²) in [5, 5.41) is 2.08. The average molecular weight is 417 g/mol. The van der Waals surface area contributed by atoms with Crippen molar-refractivity contribution in [2.24, 2.45) is 0 Å². The average Bonchev–Trinajstić information content (AvgIpc) is 3.01. The SMILES string of the molecule is Nc1ccc(-c2nc3c(c(=O)[nH]2)CN(Cc2cc(Br)cs2)CC3)cc1. The van der Waals surface area contributed by atoms with E-state index >= 15 is 0 Å². The Balaban J connectivity index is 1.59. The second kappa shape index (κ2) is 6.74. The van der Waals surface area contributed by atoms with Crippen LogP contribution < -0.4 is 11.3 Å². The largest absolute Gasteiger partial charge is 0.399 e. The lowest BCUT2D eigenvalue weighted by Crippen LogP contribution is -2.35. The van der Waals surface area contributed by atoms with Crippen molar-refractivity contribution in [2.75, 3.05) is 12.3 Å². The summed E-state index contributed by atoms with van der Waals surface area (Å²) in [4.78, 5) is 23.8. The van der Waals surface area contributed by atoms with Crippen molar-refractivity contribution in [3.05, 3.63) is 66.7 Å². The zero-order valence-electron chi connectivity index (χ0n) is 13.5. The Bertz CT molecular complexity index is 964. The lowest BCUT2D eigenvalue weighted by molar-refractivity contribution is 0.244. The number of fused-ring (bicyclic) bond motifs is 1. The fourth-order valence-corrected chi connectivity index (χ4v) is 4.54. The van der Waals surface area contributed by atoms with Crippen LogP contribution in [0.4, 0.5) is 5.69 Å². The number of aromatic amines is 1. The molecule has 0 aliphatic carbocycles. The van der Waals surface area contributed by atoms with Gasteiger partial charge in [0.15, 0.2) is 0 Å². The number of anilines is 1. The van der Waals surface area contributed by atoms with Gasteiger partial charge in [-0.3, -0.25) is 9.69 Å². The Kier molecular flexibility index (Phi) is 4.45. The summed E-state index contributed by atoms with van der Waals surface area (Å²) >= 11 is 5.22. The number of nitrogens with one attached hydrogen (secondary N) is 1. The molecule has 3 aromatic rings. The van der Waals surface area contributed by atoms with Crippen LogP contribution in [0.3, 0.4) is 0 Å². The summed E-state index contributed by atoms with van der Waals surface area (Å²) in [7, 11) is 0. The first-order chi connectivity index (χ1) is 12.1. The Morgan fingerprint density at radius 2 is 2.12 bits per heavy atom. The first kappa shape index (κ1) is 16.5. The van der Waals surface area contributed by atoms with Gasteiger partial charge in [0, 0.05) is 52.0 Å². The molecule has 0 bridgehead atoms. The van der Waals surface area contributed by atoms with Crippen molar-refractivity contribution in [1.82, 2.24) is 14.9 Å². The number of thiophene rings is 1. The van der Waals surface area contributed by atoms with E-state index in [1.165, 1.54) is 4.88 Å². The molecule has 0 radical (unpaired) electrons. The molecule has 0 saturated carbocycles. The highest BCUT2D eigenvalue weighted by Crippen LogP contribution is 2.24. The smallest absolute Gasteiger partial charge is 0.255 e. The van der Waals surface area contributed by atoms with Crippen molar-refractivity contribution < 1.29 is 0 Å². The van der Waals surface area contributed by atoms with Crippen molar-refractivity contribution in [1.29, 1.82) is 0 Å². The number of rotatable bonds is 3. The maximum atomic E-state index is 12.6. The molecule has 2 aromatic heterocycles. The first-order valence-corrected chi connectivity index (χ1v) is 9.69. The minimum absolute atomic E-state index is 0.0473. The monoisotopic (exact) mass is 416 g/mol. The second-order valence-electron chi connectivity index (χ2n) is 6.15. The maximum Gasteiger partial charge on any atom is 0.255 e. The molecular weight excluding hydrogens is 400 g/mol. The Labute approximate surface area is 157 Å². The van der Waals surface area contributed by atoms with Gasteiger partial charge < -0.3 is 10.7 Å². The number of hydrogen-bond acceptors (Lipinski definition) is 5. The van der Waals surface area contributed by atoms with Crippen LogP contribution in [-0.2, 0) is 19.5 Å². The molecule has 1 aliphatic heterocycles. The van der Waals surface area contributed by atoms with Gasteiger partial charge in [-0.05, 0) is 46.3 Å². The highest BCUT2D eigenvalue weighted by molar-refractivity contribution is 9.10. The molecule has 1 aromatic carbocycles. The molecule has 25 heavy (non-hydrogen) atoms. The molecule has 0 atom stereocenters. The molecule has 0 saturated heterocycles. The molecule has 3 N–H and O–H groups in total. The molecule has 3 heterocycles. The number of nitrogen functional groups attached to an aromatic ring is 1. The molecule has 0 fully saturated rings. The summed E-state index contributed by atoms with van der Waals surface area (Å²) in [5.41, 5.74) is 8.93. The molecule has 0 spiro atoms. The summed E-state index contributed by atoms with van der Waals surface area (Å²) in [5.74, 6) is 0.611. The predicted molar refractivity (Wildman–Crippen MR) is 105 cm³/mol. The van der Waals surface area contributed by atoms with Crippen molar-refractivity contribution in [3.8, 4) is 11.4 Å². The van der Waals surface area contributed by atoms with E-state index < -0.39 is 0 Å². The Hall–Kier alpha value is -1.96. The second-order valence-corrected chi connectivity index (χ2v) is 8.07. The third-order valence-electron chi connectivity index (χ3n) is 4.33. The van der Waals surface area contributed by atoms with E-state index in [9.17, 15) is 4.79 Å². The molecule has 7 heteroatoms. The molecule has 5 nitrogen and oxygen atoms in total. The number of H-pyrrole nitrogens is 1. The van der Waals surface area contributed by atoms with Gasteiger partial charge in [-0.1, -0.05) is 0 Å². The summed E-state index contributed by atoms with van der Waals surface area (Å²) in [6.07, 6.45) is 0.785. The first-order valence-electron chi connectivity index (χ1n) is 8.02. The van der Waals surface area contributed by atoms with E-state index in [0.29, 0.717) is 18.1 Å². The molecule has 0 unspecified atom stereocenters. The normalized spacial score (nSPS) is 14.4. The van der Waals surface area contributed by atoms with Gasteiger partial charge in [0.1, 0.15) is 5.82 Å². The van der Waals surface area contributed by atoms with E-state index in [1.807, 2.05) is 24.3 Å². The topological polar surface area (TPSA) is 75.0 Å². The van der Waals surface area contributed by atoms with Gasteiger partial charge >= 0.3 is 0 Å². The van der Waals surface area contributed by atoms with Crippen LogP contribution in [0, 0.1) is 0 Å². The quantitative estimate of drug-likeness (QED) is 0.641. The highest BCUT2D eigenvalue weighted by atomic mass is 79.9. The van der Waals surface area contributed by atoms with Gasteiger partial charge in [-0.2, -0.15) is 0 Å². The fraction of sp³-hybridized carbons (Fsp3) is 0.222. The van der Waals surface area contributed by atoms with Gasteiger partial charge in [-0.25, -0.2) is 4.98 Å². The zero-order valence-corrected chi connectivity index (χ0v) is 15.9. The Morgan fingerprint density at radius 3 is 2.84 bits per heavy atom. The van der Waals surface area contributed by atoms with Crippen molar-refractivity contribution in [3.63, 3.8) is 0 Å². The molecule has 128 valence electrons. The number of halogens is 1. The summed E-state index contributed by atoms with van der Waals surface area (Å²) < 4.78 is 1.11. The van der Waals surface area contributed by atoms with Gasteiger partial charge in [-0.15, -0.1) is 11.3 Å². The van der Waals surface area contributed by atoms with E-state index in [1.54, 1.807) is 11.3 Å². The van der Waals surface area contributed by atoms with Crippen LogP contribution in [0.2, 0.25) is 0 Å². The third-order valence-corrected chi connectivity index (χ3v) is 6.02. The van der Waals surface area contributed by atoms with Crippen LogP contribution in [0.5, 0.6) is 0 Å². The van der Waals surface area contributed by atoms with E-state index in [0.717, 1.165) is 40.8 Å². The van der Waals surface area contributed by atoms with E-state index in [-0.39, 0.29) is 5.56 Å². The fourth-order valence-electron chi connectivity index (χ4n) is 3.05. The van der Waals surface area contributed by atoms with E-state index in [2.05, 4.69) is 37.3 Å². The number of benzene rings is 1. The number of nitrogens with zero attached hydrogens (tertiary/aromatic N) is 2. The molecule has 0 amide bonds. The van der Waals surface area contributed by atoms with E-state index in [4.69, 9.17) is 10.7 Å². The third kappa shape index (κ3) is 3.53. The number of nitrogens with two attached hydrogens (primary N) is 1. The minimum Gasteiger partial charge on any atom is -0.399 e. The van der Waals surface area contributed by atoms with Crippen LogP contribution in [-0.4, -0.2) is 21.4 Å². The zero-order chi connectivity index (χ0) is 17.4. The summed E-state index contributed by atoms with van der Waals surface area (Å²) in [6.45, 7) is 2.39. The molecule has 4 rings (SSSR count). The van der Waals surface area contributed by atoms with Crippen LogP contribution in [0.15, 0.2) is 45.0 Å². The van der Waals surface area contributed by atoms with Crippen LogP contribution in [0.25, 0.3) is 11.4 Å². The van der Waals surface area contributed by atoms with Crippen molar-refractivity contribution in [2.45, 2.75) is 19.5 Å². The maximum absolute atomic E-state index is 12.6. The summed E-state index contributed by atoms with van der Waals surface area (Å²) in [6, 6.07) is 9.52. The van der Waals surface area contributed by atoms with Gasteiger partial charge in [0.05, 0.1) is 11.3 Å². The lowest BCUT2D eigenvalue weighted by Gasteiger charge is -2.27. The number of hydrogen-bond donors (Lipinski definition) is 2. The van der Waals surface area contributed by atoms with Gasteiger partial charge in [0.25, 0.3) is 5.56 Å². The predicted octanol–water partition coefficient (Wildman–Crippen LogP) is 3.40. The molecular formula is C18H17BrN4OS. The van der Waals surface area contributed by atoms with Crippen LogP contribution in [0.1, 0.15) is 16.1 Å². The highest BCUT2D eigenvalue weighted by Gasteiger charge is 2.22.